The number of methoxy groups -OCH3 is 3. The molecule has 0 atom stereocenters. The van der Waals surface area contributed by atoms with Gasteiger partial charge in [0.15, 0.2) is 11.5 Å². The summed E-state index contributed by atoms with van der Waals surface area (Å²) in [5, 5.41) is 10.8. The fourth-order valence-electron chi connectivity index (χ4n) is 1.53. The summed E-state index contributed by atoms with van der Waals surface area (Å²) in [7, 11) is 4.26. The first kappa shape index (κ1) is 14.6. The van der Waals surface area contributed by atoms with Crippen molar-refractivity contribution in [3.8, 4) is 17.2 Å². The van der Waals surface area contributed by atoms with E-state index in [1.165, 1.54) is 33.5 Å². The Morgan fingerprint density at radius 3 is 2.21 bits per heavy atom. The first-order valence-corrected chi connectivity index (χ1v) is 5.34. The Kier molecular flexibility index (Phi) is 4.99. The van der Waals surface area contributed by atoms with Crippen molar-refractivity contribution in [2.75, 3.05) is 27.9 Å². The smallest absolute Gasteiger partial charge is 0.322 e. The highest BCUT2D eigenvalue weighted by Gasteiger charge is 2.20. The van der Waals surface area contributed by atoms with Crippen LogP contribution in [0.15, 0.2) is 12.1 Å². The van der Waals surface area contributed by atoms with E-state index in [-0.39, 0.29) is 17.1 Å². The van der Waals surface area contributed by atoms with E-state index in [2.05, 4.69) is 5.32 Å². The zero-order valence-corrected chi connectivity index (χ0v) is 10.9. The van der Waals surface area contributed by atoms with Gasteiger partial charge >= 0.3 is 5.97 Å². The maximum Gasteiger partial charge on any atom is 0.322 e. The van der Waals surface area contributed by atoms with E-state index in [9.17, 15) is 9.59 Å². The number of hydrogen-bond acceptors (Lipinski definition) is 5. The Bertz CT molecular complexity index is 485. The summed E-state index contributed by atoms with van der Waals surface area (Å²) in [5.74, 6) is -0.833. The Hall–Kier alpha value is -2.44. The molecular weight excluding hydrogens is 254 g/mol. The van der Waals surface area contributed by atoms with Crippen LogP contribution < -0.4 is 19.5 Å². The Labute approximate surface area is 110 Å². The number of carboxylic acid groups (broad SMARTS) is 1. The zero-order chi connectivity index (χ0) is 14.4. The molecule has 7 nitrogen and oxygen atoms in total. The Balaban J connectivity index is 3.13. The molecular formula is C12H15NO6. The van der Waals surface area contributed by atoms with Gasteiger partial charge in [-0.1, -0.05) is 0 Å². The van der Waals surface area contributed by atoms with Gasteiger partial charge in [0, 0.05) is 0 Å². The molecule has 7 heteroatoms. The summed E-state index contributed by atoms with van der Waals surface area (Å²) in [6, 6.07) is 3.01. The summed E-state index contributed by atoms with van der Waals surface area (Å²) in [5.41, 5.74) is 0.168. The number of aliphatic carboxylic acids is 1. The predicted molar refractivity (Wildman–Crippen MR) is 66.1 cm³/mol. The molecule has 19 heavy (non-hydrogen) atoms. The number of carbonyl (C=O) groups excluding carboxylic acids is 1. The third-order valence-electron chi connectivity index (χ3n) is 2.35. The van der Waals surface area contributed by atoms with E-state index >= 15 is 0 Å². The van der Waals surface area contributed by atoms with Crippen LogP contribution in [0.4, 0.5) is 0 Å². The molecule has 2 N–H and O–H groups in total. The second kappa shape index (κ2) is 6.48. The summed E-state index contributed by atoms with van der Waals surface area (Å²) in [4.78, 5) is 22.3. The van der Waals surface area contributed by atoms with Crippen LogP contribution in [-0.2, 0) is 4.79 Å². The quantitative estimate of drug-likeness (QED) is 0.782. The Morgan fingerprint density at radius 2 is 1.74 bits per heavy atom. The molecule has 1 aromatic rings. The second-order valence-electron chi connectivity index (χ2n) is 3.46. The van der Waals surface area contributed by atoms with Crippen LogP contribution in [0.1, 0.15) is 10.4 Å². The largest absolute Gasteiger partial charge is 0.493 e. The monoisotopic (exact) mass is 269 g/mol. The molecule has 0 saturated heterocycles. The number of nitrogens with one attached hydrogen (secondary N) is 1. The molecule has 0 radical (unpaired) electrons. The number of carbonyl (C=O) groups is 2. The zero-order valence-electron chi connectivity index (χ0n) is 10.9. The first-order valence-electron chi connectivity index (χ1n) is 5.34. The van der Waals surface area contributed by atoms with Crippen molar-refractivity contribution in [3.05, 3.63) is 17.7 Å². The highest BCUT2D eigenvalue weighted by atomic mass is 16.5. The minimum atomic E-state index is -1.13. The number of amides is 1. The van der Waals surface area contributed by atoms with Crippen molar-refractivity contribution in [1.82, 2.24) is 5.32 Å². The van der Waals surface area contributed by atoms with Gasteiger partial charge in [0.25, 0.3) is 5.91 Å². The van der Waals surface area contributed by atoms with Gasteiger partial charge in [-0.2, -0.15) is 0 Å². The van der Waals surface area contributed by atoms with Gasteiger partial charge in [-0.3, -0.25) is 9.59 Å². The molecule has 0 spiro atoms. The van der Waals surface area contributed by atoms with Crippen LogP contribution in [0.2, 0.25) is 0 Å². The van der Waals surface area contributed by atoms with Gasteiger partial charge in [0.05, 0.1) is 26.9 Å². The highest BCUT2D eigenvalue weighted by molar-refractivity contribution is 5.99. The third kappa shape index (κ3) is 3.27. The first-order chi connectivity index (χ1) is 9.04. The van der Waals surface area contributed by atoms with Crippen LogP contribution in [0.25, 0.3) is 0 Å². The SMILES string of the molecule is COc1ccc(C(=O)NCC(=O)O)c(OC)c1OC. The number of carboxylic acids is 1. The lowest BCUT2D eigenvalue weighted by molar-refractivity contribution is -0.135. The molecule has 1 aromatic carbocycles. The minimum absolute atomic E-state index is 0.168. The standard InChI is InChI=1S/C12H15NO6/c1-17-8-5-4-7(10(18-2)11(8)19-3)12(16)13-6-9(14)15/h4-5H,6H2,1-3H3,(H,13,16)(H,14,15). The van der Waals surface area contributed by atoms with Crippen molar-refractivity contribution in [2.45, 2.75) is 0 Å². The van der Waals surface area contributed by atoms with Crippen molar-refractivity contribution >= 4 is 11.9 Å². The summed E-state index contributed by atoms with van der Waals surface area (Å²) in [6.45, 7) is -0.476. The van der Waals surface area contributed by atoms with E-state index in [1.807, 2.05) is 0 Å². The van der Waals surface area contributed by atoms with E-state index in [0.29, 0.717) is 5.75 Å². The fourth-order valence-corrected chi connectivity index (χ4v) is 1.53. The lowest BCUT2D eigenvalue weighted by Crippen LogP contribution is -2.29. The van der Waals surface area contributed by atoms with Gasteiger partial charge in [-0.25, -0.2) is 0 Å². The number of ether oxygens (including phenoxy) is 3. The molecule has 0 unspecified atom stereocenters. The molecule has 0 saturated carbocycles. The summed E-state index contributed by atoms with van der Waals surface area (Å²) < 4.78 is 15.3. The van der Waals surface area contributed by atoms with Crippen molar-refractivity contribution in [2.24, 2.45) is 0 Å². The summed E-state index contributed by atoms with van der Waals surface area (Å²) >= 11 is 0. The molecule has 1 rings (SSSR count). The highest BCUT2D eigenvalue weighted by Crippen LogP contribution is 2.39. The predicted octanol–water partition coefficient (Wildman–Crippen LogP) is 0.527. The maximum absolute atomic E-state index is 11.8. The molecule has 1 amide bonds. The van der Waals surface area contributed by atoms with E-state index in [1.54, 1.807) is 0 Å². The third-order valence-corrected chi connectivity index (χ3v) is 2.35. The van der Waals surface area contributed by atoms with Crippen molar-refractivity contribution in [3.63, 3.8) is 0 Å². The second-order valence-corrected chi connectivity index (χ2v) is 3.46. The lowest BCUT2D eigenvalue weighted by Gasteiger charge is -2.15. The molecule has 0 heterocycles. The van der Waals surface area contributed by atoms with Crippen LogP contribution >= 0.6 is 0 Å². The molecule has 0 aromatic heterocycles. The topological polar surface area (TPSA) is 94.1 Å². The fraction of sp³-hybridized carbons (Fsp3) is 0.333. The average Bonchev–Trinajstić information content (AvgIpc) is 2.42. The van der Waals surface area contributed by atoms with Crippen molar-refractivity contribution in [1.29, 1.82) is 0 Å². The van der Waals surface area contributed by atoms with Crippen LogP contribution in [0, 0.1) is 0 Å². The van der Waals surface area contributed by atoms with E-state index in [4.69, 9.17) is 19.3 Å². The van der Waals surface area contributed by atoms with Crippen LogP contribution in [-0.4, -0.2) is 44.9 Å². The van der Waals surface area contributed by atoms with Gasteiger partial charge < -0.3 is 24.6 Å². The molecule has 0 bridgehead atoms. The number of benzene rings is 1. The van der Waals surface area contributed by atoms with Gasteiger partial charge in [0.2, 0.25) is 5.75 Å². The minimum Gasteiger partial charge on any atom is -0.493 e. The Morgan fingerprint density at radius 1 is 1.11 bits per heavy atom. The molecule has 0 aliphatic carbocycles. The van der Waals surface area contributed by atoms with Gasteiger partial charge in [0.1, 0.15) is 6.54 Å². The molecule has 0 fully saturated rings. The average molecular weight is 269 g/mol. The van der Waals surface area contributed by atoms with Crippen LogP contribution in [0.3, 0.4) is 0 Å². The van der Waals surface area contributed by atoms with E-state index in [0.717, 1.165) is 0 Å². The molecule has 0 aliphatic heterocycles. The maximum atomic E-state index is 11.8. The van der Waals surface area contributed by atoms with E-state index < -0.39 is 18.4 Å². The lowest BCUT2D eigenvalue weighted by atomic mass is 10.1. The molecule has 104 valence electrons. The molecule has 0 aliphatic rings. The normalized spacial score (nSPS) is 9.63. The number of hydrogen-bond donors (Lipinski definition) is 2. The van der Waals surface area contributed by atoms with Gasteiger partial charge in [-0.15, -0.1) is 0 Å². The van der Waals surface area contributed by atoms with Crippen LogP contribution in [0.5, 0.6) is 17.2 Å². The number of rotatable bonds is 6. The summed E-state index contributed by atoms with van der Waals surface area (Å²) in [6.07, 6.45) is 0. The van der Waals surface area contributed by atoms with Crippen molar-refractivity contribution < 1.29 is 28.9 Å². The van der Waals surface area contributed by atoms with Gasteiger partial charge in [-0.05, 0) is 12.1 Å².